The zero-order valence-electron chi connectivity index (χ0n) is 15.1. The minimum absolute atomic E-state index is 0.0126. The van der Waals surface area contributed by atoms with E-state index in [9.17, 15) is 18.0 Å². The maximum atomic E-state index is 12.7. The van der Waals surface area contributed by atoms with Gasteiger partial charge >= 0.3 is 0 Å². The van der Waals surface area contributed by atoms with Crippen LogP contribution in [0.3, 0.4) is 0 Å². The molecule has 0 atom stereocenters. The van der Waals surface area contributed by atoms with Gasteiger partial charge in [0.1, 0.15) is 0 Å². The van der Waals surface area contributed by atoms with Crippen molar-refractivity contribution in [3.05, 3.63) is 59.7 Å². The van der Waals surface area contributed by atoms with Crippen LogP contribution in [0.4, 0.5) is 5.69 Å². The van der Waals surface area contributed by atoms with Crippen molar-refractivity contribution in [1.29, 1.82) is 0 Å². The van der Waals surface area contributed by atoms with Crippen molar-refractivity contribution >= 4 is 27.4 Å². The summed E-state index contributed by atoms with van der Waals surface area (Å²) in [4.78, 5) is 25.9. The number of Topliss-reactive ketones (excluding diaryl/α,β-unsaturated/α-hetero) is 1. The minimum Gasteiger partial charge on any atom is -0.339 e. The summed E-state index contributed by atoms with van der Waals surface area (Å²) in [5, 5.41) is 0. The summed E-state index contributed by atoms with van der Waals surface area (Å²) in [5.41, 5.74) is 1.08. The highest BCUT2D eigenvalue weighted by Gasteiger charge is 2.21. The average molecular weight is 386 g/mol. The summed E-state index contributed by atoms with van der Waals surface area (Å²) in [6, 6.07) is 12.3. The summed E-state index contributed by atoms with van der Waals surface area (Å²) in [6.45, 7) is 2.82. The Hall–Kier alpha value is -2.67. The topological polar surface area (TPSA) is 83.5 Å². The molecule has 1 fully saturated rings. The number of likely N-dealkylation sites (tertiary alicyclic amines) is 1. The van der Waals surface area contributed by atoms with Crippen LogP contribution in [-0.2, 0) is 10.0 Å². The molecule has 6 nitrogen and oxygen atoms in total. The molecular weight excluding hydrogens is 364 g/mol. The molecule has 142 valence electrons. The van der Waals surface area contributed by atoms with E-state index in [4.69, 9.17) is 0 Å². The molecule has 27 heavy (non-hydrogen) atoms. The highest BCUT2D eigenvalue weighted by molar-refractivity contribution is 7.92. The molecule has 1 aliphatic rings. The third-order valence-electron chi connectivity index (χ3n) is 4.56. The highest BCUT2D eigenvalue weighted by atomic mass is 32.2. The predicted octanol–water partition coefficient (Wildman–Crippen LogP) is 3.32. The molecule has 0 unspecified atom stereocenters. The van der Waals surface area contributed by atoms with Gasteiger partial charge in [0, 0.05) is 29.9 Å². The minimum atomic E-state index is -3.87. The third kappa shape index (κ3) is 4.54. The van der Waals surface area contributed by atoms with E-state index in [1.807, 2.05) is 0 Å². The Morgan fingerprint density at radius 3 is 2.30 bits per heavy atom. The van der Waals surface area contributed by atoms with Crippen LogP contribution in [0.5, 0.6) is 0 Å². The smallest absolute Gasteiger partial charge is 0.261 e. The van der Waals surface area contributed by atoms with Crippen LogP contribution >= 0.6 is 0 Å². The number of sulfonamides is 1. The molecule has 7 heteroatoms. The van der Waals surface area contributed by atoms with Crippen LogP contribution in [0.2, 0.25) is 0 Å². The maximum absolute atomic E-state index is 12.7. The number of piperidine rings is 1. The van der Waals surface area contributed by atoms with E-state index in [2.05, 4.69) is 4.72 Å². The van der Waals surface area contributed by atoms with E-state index in [-0.39, 0.29) is 16.6 Å². The molecule has 1 saturated heterocycles. The first kappa shape index (κ1) is 19.1. The molecule has 2 aromatic carbocycles. The van der Waals surface area contributed by atoms with Gasteiger partial charge in [-0.3, -0.25) is 14.3 Å². The van der Waals surface area contributed by atoms with Crippen molar-refractivity contribution in [3.8, 4) is 0 Å². The predicted molar refractivity (Wildman–Crippen MR) is 103 cm³/mol. The van der Waals surface area contributed by atoms with Crippen molar-refractivity contribution in [2.45, 2.75) is 31.1 Å². The van der Waals surface area contributed by atoms with Crippen molar-refractivity contribution < 1.29 is 18.0 Å². The summed E-state index contributed by atoms with van der Waals surface area (Å²) in [5.74, 6) is -0.296. The fourth-order valence-corrected chi connectivity index (χ4v) is 4.19. The Morgan fingerprint density at radius 1 is 0.926 bits per heavy atom. The lowest BCUT2D eigenvalue weighted by Gasteiger charge is -2.26. The number of anilines is 1. The van der Waals surface area contributed by atoms with Gasteiger partial charge in [0.2, 0.25) is 0 Å². The molecule has 0 spiro atoms. The van der Waals surface area contributed by atoms with Gasteiger partial charge in [0.15, 0.2) is 5.78 Å². The molecule has 0 saturated carbocycles. The van der Waals surface area contributed by atoms with Crippen molar-refractivity contribution in [2.75, 3.05) is 17.8 Å². The molecule has 0 aromatic heterocycles. The second kappa shape index (κ2) is 7.92. The molecule has 0 bridgehead atoms. The number of hydrogen-bond acceptors (Lipinski definition) is 4. The van der Waals surface area contributed by atoms with E-state index in [0.29, 0.717) is 29.9 Å². The molecule has 1 N–H and O–H groups in total. The zero-order valence-corrected chi connectivity index (χ0v) is 16.0. The van der Waals surface area contributed by atoms with E-state index in [1.165, 1.54) is 25.1 Å². The largest absolute Gasteiger partial charge is 0.339 e. The molecule has 3 rings (SSSR count). The third-order valence-corrected chi connectivity index (χ3v) is 5.93. The van der Waals surface area contributed by atoms with Crippen LogP contribution < -0.4 is 4.72 Å². The summed E-state index contributed by atoms with van der Waals surface area (Å²) in [7, 11) is -3.87. The quantitative estimate of drug-likeness (QED) is 0.799. The van der Waals surface area contributed by atoms with Crippen LogP contribution in [0.15, 0.2) is 53.4 Å². The van der Waals surface area contributed by atoms with E-state index in [1.54, 1.807) is 35.2 Å². The SMILES string of the molecule is CC(=O)c1cccc(NS(=O)(=O)c2cccc(C(=O)N3CCCCC3)c2)c1. The molecular formula is C20H22N2O4S. The lowest BCUT2D eigenvalue weighted by Crippen LogP contribution is -2.35. The second-order valence-electron chi connectivity index (χ2n) is 6.62. The van der Waals surface area contributed by atoms with Crippen LogP contribution in [0, 0.1) is 0 Å². The summed E-state index contributed by atoms with van der Waals surface area (Å²) < 4.78 is 27.9. The Morgan fingerprint density at radius 2 is 1.59 bits per heavy atom. The molecule has 1 aliphatic heterocycles. The van der Waals surface area contributed by atoms with E-state index in [0.717, 1.165) is 19.3 Å². The van der Waals surface area contributed by atoms with Crippen molar-refractivity contribution in [3.63, 3.8) is 0 Å². The molecule has 0 radical (unpaired) electrons. The standard InChI is InChI=1S/C20H22N2O4S/c1-15(23)16-7-5-9-18(13-16)21-27(25,26)19-10-6-8-17(14-19)20(24)22-11-3-2-4-12-22/h5-10,13-14,21H,2-4,11-12H2,1H3. The number of amides is 1. The number of carbonyl (C=O) groups excluding carboxylic acids is 2. The van der Waals surface area contributed by atoms with Gasteiger partial charge < -0.3 is 4.90 Å². The average Bonchev–Trinajstić information content (AvgIpc) is 2.68. The summed E-state index contributed by atoms with van der Waals surface area (Å²) in [6.07, 6.45) is 3.05. The Labute approximate surface area is 159 Å². The Kier molecular flexibility index (Phi) is 5.60. The fraction of sp³-hybridized carbons (Fsp3) is 0.300. The van der Waals surface area contributed by atoms with Crippen molar-refractivity contribution in [1.82, 2.24) is 4.90 Å². The monoisotopic (exact) mass is 386 g/mol. The van der Waals surface area contributed by atoms with Crippen LogP contribution in [0.1, 0.15) is 46.9 Å². The van der Waals surface area contributed by atoms with E-state index >= 15 is 0 Å². The number of carbonyl (C=O) groups is 2. The molecule has 2 aromatic rings. The normalized spacial score (nSPS) is 14.6. The van der Waals surface area contributed by atoms with Crippen LogP contribution in [0.25, 0.3) is 0 Å². The number of ketones is 1. The molecule has 0 aliphatic carbocycles. The lowest BCUT2D eigenvalue weighted by molar-refractivity contribution is 0.0724. The number of nitrogens with one attached hydrogen (secondary N) is 1. The number of nitrogens with zero attached hydrogens (tertiary/aromatic N) is 1. The van der Waals surface area contributed by atoms with E-state index < -0.39 is 10.0 Å². The number of benzene rings is 2. The van der Waals surface area contributed by atoms with Crippen molar-refractivity contribution in [2.24, 2.45) is 0 Å². The number of hydrogen-bond donors (Lipinski definition) is 1. The first-order valence-corrected chi connectivity index (χ1v) is 10.4. The molecule has 1 heterocycles. The Balaban J connectivity index is 1.83. The fourth-order valence-electron chi connectivity index (χ4n) is 3.09. The summed E-state index contributed by atoms with van der Waals surface area (Å²) >= 11 is 0. The number of rotatable bonds is 5. The first-order valence-electron chi connectivity index (χ1n) is 8.90. The van der Waals surface area contributed by atoms with Gasteiger partial charge in [-0.15, -0.1) is 0 Å². The van der Waals surface area contributed by atoms with Gasteiger partial charge in [-0.05, 0) is 56.5 Å². The first-order chi connectivity index (χ1) is 12.9. The maximum Gasteiger partial charge on any atom is 0.261 e. The van der Waals surface area contributed by atoms with Gasteiger partial charge in [-0.25, -0.2) is 8.42 Å². The van der Waals surface area contributed by atoms with Gasteiger partial charge in [0.25, 0.3) is 15.9 Å². The van der Waals surface area contributed by atoms with Gasteiger partial charge in [-0.1, -0.05) is 18.2 Å². The van der Waals surface area contributed by atoms with Gasteiger partial charge in [-0.2, -0.15) is 0 Å². The van der Waals surface area contributed by atoms with Gasteiger partial charge in [0.05, 0.1) is 4.90 Å². The lowest BCUT2D eigenvalue weighted by atomic mass is 10.1. The van der Waals surface area contributed by atoms with Crippen LogP contribution in [-0.4, -0.2) is 38.1 Å². The molecule has 1 amide bonds. The Bertz CT molecular complexity index is 963. The zero-order chi connectivity index (χ0) is 19.4. The second-order valence-corrected chi connectivity index (χ2v) is 8.31. The highest BCUT2D eigenvalue weighted by Crippen LogP contribution is 2.20.